The highest BCUT2D eigenvalue weighted by Gasteiger charge is 2.77. The van der Waals surface area contributed by atoms with Gasteiger partial charge in [0.25, 0.3) is 0 Å². The fourth-order valence-corrected chi connectivity index (χ4v) is 5.97. The molecule has 5 rings (SSSR count). The number of ether oxygens (including phenoxy) is 1. The van der Waals surface area contributed by atoms with Gasteiger partial charge in [0.05, 0.1) is 18.1 Å². The van der Waals surface area contributed by atoms with E-state index >= 15 is 0 Å². The van der Waals surface area contributed by atoms with Crippen molar-refractivity contribution in [2.45, 2.75) is 37.7 Å². The van der Waals surface area contributed by atoms with Gasteiger partial charge in [-0.15, -0.1) is 0 Å². The number of benzene rings is 1. The fourth-order valence-electron chi connectivity index (χ4n) is 5.70. The lowest BCUT2D eigenvalue weighted by atomic mass is 9.76. The molecule has 4 aliphatic rings. The van der Waals surface area contributed by atoms with Crippen LogP contribution >= 0.6 is 15.9 Å². The van der Waals surface area contributed by atoms with Crippen molar-refractivity contribution in [3.63, 3.8) is 0 Å². The number of nitrogens with zero attached hydrogens (tertiary/aromatic N) is 1. The zero-order valence-electron chi connectivity index (χ0n) is 12.3. The van der Waals surface area contributed by atoms with Crippen LogP contribution in [0.3, 0.4) is 0 Å². The minimum absolute atomic E-state index is 0.0673. The highest BCUT2D eigenvalue weighted by atomic mass is 79.9. The van der Waals surface area contributed by atoms with E-state index in [-0.39, 0.29) is 29.8 Å². The molecule has 7 atom stereocenters. The molecule has 2 bridgehead atoms. The molecule has 1 N–H and O–H groups in total. The van der Waals surface area contributed by atoms with Crippen LogP contribution in [-0.2, 0) is 9.53 Å². The highest BCUT2D eigenvalue weighted by Crippen LogP contribution is 2.68. The molecule has 1 aromatic carbocycles. The topological polar surface area (TPSA) is 49.8 Å². The summed E-state index contributed by atoms with van der Waals surface area (Å²) in [7, 11) is 0. The normalized spacial score (nSPS) is 47.8. The minimum Gasteiger partial charge on any atom is -0.390 e. The predicted octanol–water partition coefficient (Wildman–Crippen LogP) is 2.54. The average molecular weight is 364 g/mol. The van der Waals surface area contributed by atoms with Crippen LogP contribution in [0.5, 0.6) is 0 Å². The van der Waals surface area contributed by atoms with Gasteiger partial charge in [0.15, 0.2) is 5.72 Å². The van der Waals surface area contributed by atoms with E-state index in [0.29, 0.717) is 5.92 Å². The molecular formula is C17H18BrNO3. The number of hydrogen-bond acceptors (Lipinski definition) is 3. The standard InChI is InChI=1S/C17H18BrNO3/c1-2-17-13-11-7-10(14(20)15(11)22-17)12(13)16(21)19(17)9-5-3-8(18)4-6-9/h3-6,10-15,20H,2,7H2,1H3/t10-,11-,12+,13+,14+,15-,17-/m0/s1. The first kappa shape index (κ1) is 13.5. The van der Waals surface area contributed by atoms with Gasteiger partial charge in [-0.1, -0.05) is 22.9 Å². The number of fused-ring (bicyclic) bond motifs is 2. The van der Waals surface area contributed by atoms with E-state index in [1.165, 1.54) is 0 Å². The molecule has 0 aromatic heterocycles. The van der Waals surface area contributed by atoms with E-state index in [1.807, 2.05) is 29.2 Å². The number of rotatable bonds is 2. The van der Waals surface area contributed by atoms with E-state index in [0.717, 1.165) is 23.0 Å². The molecule has 2 heterocycles. The van der Waals surface area contributed by atoms with Crippen LogP contribution < -0.4 is 4.90 Å². The number of amides is 1. The van der Waals surface area contributed by atoms with Gasteiger partial charge in [0, 0.05) is 16.1 Å². The second-order valence-corrected chi connectivity index (χ2v) is 7.95. The van der Waals surface area contributed by atoms with Crippen LogP contribution in [-0.4, -0.2) is 28.9 Å². The van der Waals surface area contributed by atoms with E-state index in [1.54, 1.807) is 0 Å². The third kappa shape index (κ3) is 1.31. The minimum atomic E-state index is -0.558. The molecule has 2 aliphatic heterocycles. The predicted molar refractivity (Wildman–Crippen MR) is 84.1 cm³/mol. The number of halogens is 1. The van der Waals surface area contributed by atoms with Crippen molar-refractivity contribution in [2.24, 2.45) is 23.7 Å². The number of carbonyl (C=O) groups is 1. The lowest BCUT2D eigenvalue weighted by molar-refractivity contribution is -0.133. The lowest BCUT2D eigenvalue weighted by Gasteiger charge is -2.38. The first-order chi connectivity index (χ1) is 10.6. The Morgan fingerprint density at radius 1 is 1.36 bits per heavy atom. The van der Waals surface area contributed by atoms with Gasteiger partial charge in [-0.05, 0) is 48.9 Å². The number of anilines is 1. The molecule has 1 aromatic rings. The van der Waals surface area contributed by atoms with Crippen molar-refractivity contribution in [2.75, 3.05) is 4.90 Å². The first-order valence-electron chi connectivity index (χ1n) is 8.04. The zero-order chi connectivity index (χ0) is 15.2. The van der Waals surface area contributed by atoms with Gasteiger partial charge in [0.2, 0.25) is 5.91 Å². The number of carbonyl (C=O) groups excluding carboxylic acids is 1. The maximum absolute atomic E-state index is 13.1. The Morgan fingerprint density at radius 3 is 2.77 bits per heavy atom. The molecule has 2 saturated carbocycles. The molecule has 1 amide bonds. The molecular weight excluding hydrogens is 346 g/mol. The van der Waals surface area contributed by atoms with Crippen LogP contribution in [0.25, 0.3) is 0 Å². The Balaban J connectivity index is 1.66. The summed E-state index contributed by atoms with van der Waals surface area (Å²) in [6.07, 6.45) is 1.17. The molecule has 22 heavy (non-hydrogen) atoms. The molecule has 4 nitrogen and oxygen atoms in total. The smallest absolute Gasteiger partial charge is 0.233 e. The van der Waals surface area contributed by atoms with E-state index in [9.17, 15) is 9.90 Å². The van der Waals surface area contributed by atoms with Gasteiger partial charge >= 0.3 is 0 Å². The number of aliphatic hydroxyl groups excluding tert-OH is 1. The van der Waals surface area contributed by atoms with Gasteiger partial charge in [-0.2, -0.15) is 0 Å². The Bertz CT molecular complexity index is 662. The van der Waals surface area contributed by atoms with Gasteiger partial charge < -0.3 is 9.84 Å². The quantitative estimate of drug-likeness (QED) is 0.878. The largest absolute Gasteiger partial charge is 0.390 e. The summed E-state index contributed by atoms with van der Waals surface area (Å²) in [5.41, 5.74) is 0.343. The second-order valence-electron chi connectivity index (χ2n) is 7.04. The lowest BCUT2D eigenvalue weighted by Crippen LogP contribution is -2.50. The van der Waals surface area contributed by atoms with Crippen LogP contribution in [0, 0.1) is 23.7 Å². The molecule has 5 heteroatoms. The van der Waals surface area contributed by atoms with Crippen molar-refractivity contribution in [3.05, 3.63) is 28.7 Å². The monoisotopic (exact) mass is 363 g/mol. The van der Waals surface area contributed by atoms with Crippen molar-refractivity contribution >= 4 is 27.5 Å². The van der Waals surface area contributed by atoms with E-state index in [2.05, 4.69) is 22.9 Å². The Kier molecular flexibility index (Phi) is 2.54. The van der Waals surface area contributed by atoms with Crippen molar-refractivity contribution in [1.82, 2.24) is 0 Å². The molecule has 116 valence electrons. The van der Waals surface area contributed by atoms with Crippen LogP contribution in [0.2, 0.25) is 0 Å². The summed E-state index contributed by atoms with van der Waals surface area (Å²) in [5, 5.41) is 10.4. The molecule has 2 aliphatic carbocycles. The molecule has 0 spiro atoms. The van der Waals surface area contributed by atoms with Gasteiger partial charge in [-0.3, -0.25) is 9.69 Å². The Labute approximate surface area is 137 Å². The van der Waals surface area contributed by atoms with Crippen molar-refractivity contribution < 1.29 is 14.6 Å². The van der Waals surface area contributed by atoms with Gasteiger partial charge in [-0.25, -0.2) is 0 Å². The zero-order valence-corrected chi connectivity index (χ0v) is 13.9. The van der Waals surface area contributed by atoms with Crippen LogP contribution in [0.4, 0.5) is 5.69 Å². The van der Waals surface area contributed by atoms with Crippen molar-refractivity contribution in [1.29, 1.82) is 0 Å². The van der Waals surface area contributed by atoms with E-state index in [4.69, 9.17) is 4.74 Å². The Morgan fingerprint density at radius 2 is 2.09 bits per heavy atom. The molecule has 0 radical (unpaired) electrons. The summed E-state index contributed by atoms with van der Waals surface area (Å²) in [5.74, 6) is 0.740. The fraction of sp³-hybridized carbons (Fsp3) is 0.588. The van der Waals surface area contributed by atoms with Crippen LogP contribution in [0.15, 0.2) is 28.7 Å². The number of hydrogen-bond donors (Lipinski definition) is 1. The average Bonchev–Trinajstić information content (AvgIpc) is 3.17. The van der Waals surface area contributed by atoms with Gasteiger partial charge in [0.1, 0.15) is 0 Å². The SMILES string of the molecule is CC[C@]12O[C@@H]3[C@H](O)[C@H]4C[C@H]3[C@@H]1[C@@H]4C(=O)N2c1ccc(Br)cc1. The summed E-state index contributed by atoms with van der Waals surface area (Å²) in [6, 6.07) is 7.86. The Hall–Kier alpha value is -0.910. The maximum atomic E-state index is 13.1. The molecule has 4 fully saturated rings. The third-order valence-corrected chi connectivity index (χ3v) is 6.92. The molecule has 0 unspecified atom stereocenters. The maximum Gasteiger partial charge on any atom is 0.233 e. The summed E-state index contributed by atoms with van der Waals surface area (Å²) < 4.78 is 7.39. The van der Waals surface area contributed by atoms with Crippen LogP contribution in [0.1, 0.15) is 19.8 Å². The summed E-state index contributed by atoms with van der Waals surface area (Å²) >= 11 is 3.45. The summed E-state index contributed by atoms with van der Waals surface area (Å²) in [6.45, 7) is 2.09. The highest BCUT2D eigenvalue weighted by molar-refractivity contribution is 9.10. The summed E-state index contributed by atoms with van der Waals surface area (Å²) in [4.78, 5) is 15.0. The third-order valence-electron chi connectivity index (χ3n) is 6.39. The van der Waals surface area contributed by atoms with E-state index < -0.39 is 11.8 Å². The first-order valence-corrected chi connectivity index (χ1v) is 8.83. The number of aliphatic hydroxyl groups is 1. The molecule has 2 saturated heterocycles. The van der Waals surface area contributed by atoms with Crippen molar-refractivity contribution in [3.8, 4) is 0 Å². The second kappa shape index (κ2) is 4.13.